The SMILES string of the molecule is CCNC(=NCCNS(=O)(=O)c1cccc([N+](=O)[O-])c1)NC(C)C(C)C.I. The van der Waals surface area contributed by atoms with Gasteiger partial charge < -0.3 is 10.6 Å². The van der Waals surface area contributed by atoms with Gasteiger partial charge in [-0.25, -0.2) is 13.1 Å². The molecule has 1 atom stereocenters. The number of non-ortho nitro benzene ring substituents is 1. The van der Waals surface area contributed by atoms with Gasteiger partial charge in [0.05, 0.1) is 16.4 Å². The normalized spacial score (nSPS) is 13.0. The van der Waals surface area contributed by atoms with Crippen molar-refractivity contribution in [3.05, 3.63) is 34.4 Å². The molecule has 0 saturated carbocycles. The van der Waals surface area contributed by atoms with Gasteiger partial charge in [0.2, 0.25) is 10.0 Å². The van der Waals surface area contributed by atoms with Crippen LogP contribution in [-0.4, -0.2) is 45.0 Å². The first kappa shape index (κ1) is 25.5. The zero-order valence-corrected chi connectivity index (χ0v) is 19.1. The highest BCUT2D eigenvalue weighted by molar-refractivity contribution is 14.0. The Morgan fingerprint density at radius 2 is 1.96 bits per heavy atom. The molecule has 9 nitrogen and oxygen atoms in total. The van der Waals surface area contributed by atoms with Gasteiger partial charge in [0.25, 0.3) is 5.69 Å². The molecule has 3 N–H and O–H groups in total. The molecule has 0 radical (unpaired) electrons. The van der Waals surface area contributed by atoms with E-state index < -0.39 is 14.9 Å². The van der Waals surface area contributed by atoms with E-state index in [0.717, 1.165) is 6.07 Å². The molecular formula is C16H28IN5O4S. The lowest BCUT2D eigenvalue weighted by Gasteiger charge is -2.20. The highest BCUT2D eigenvalue weighted by atomic mass is 127. The second-order valence-corrected chi connectivity index (χ2v) is 7.86. The summed E-state index contributed by atoms with van der Waals surface area (Å²) < 4.78 is 26.9. The molecule has 1 aromatic rings. The van der Waals surface area contributed by atoms with E-state index in [0.29, 0.717) is 18.4 Å². The number of guanidine groups is 1. The summed E-state index contributed by atoms with van der Waals surface area (Å²) in [6, 6.07) is 5.14. The summed E-state index contributed by atoms with van der Waals surface area (Å²) >= 11 is 0. The smallest absolute Gasteiger partial charge is 0.270 e. The third-order valence-electron chi connectivity index (χ3n) is 3.72. The van der Waals surface area contributed by atoms with Crippen molar-refractivity contribution in [2.45, 2.75) is 38.6 Å². The fraction of sp³-hybridized carbons (Fsp3) is 0.562. The summed E-state index contributed by atoms with van der Waals surface area (Å²) in [4.78, 5) is 14.3. The average molecular weight is 513 g/mol. The van der Waals surface area contributed by atoms with Crippen molar-refractivity contribution < 1.29 is 13.3 Å². The van der Waals surface area contributed by atoms with Crippen molar-refractivity contribution in [3.63, 3.8) is 0 Å². The number of nitro benzene ring substituents is 1. The monoisotopic (exact) mass is 513 g/mol. The van der Waals surface area contributed by atoms with Crippen LogP contribution in [-0.2, 0) is 10.0 Å². The molecule has 0 fully saturated rings. The molecule has 1 unspecified atom stereocenters. The van der Waals surface area contributed by atoms with E-state index >= 15 is 0 Å². The zero-order chi connectivity index (χ0) is 19.7. The largest absolute Gasteiger partial charge is 0.357 e. The van der Waals surface area contributed by atoms with Gasteiger partial charge in [-0.15, -0.1) is 24.0 Å². The summed E-state index contributed by atoms with van der Waals surface area (Å²) in [6.45, 7) is 9.18. The number of nitrogens with zero attached hydrogens (tertiary/aromatic N) is 2. The molecule has 0 bridgehead atoms. The number of hydrogen-bond acceptors (Lipinski definition) is 5. The summed E-state index contributed by atoms with van der Waals surface area (Å²) in [5.41, 5.74) is -0.271. The lowest BCUT2D eigenvalue weighted by atomic mass is 10.1. The predicted molar refractivity (Wildman–Crippen MR) is 117 cm³/mol. The van der Waals surface area contributed by atoms with Gasteiger partial charge in [0, 0.05) is 31.3 Å². The molecule has 0 heterocycles. The van der Waals surface area contributed by atoms with Crippen molar-refractivity contribution in [1.82, 2.24) is 15.4 Å². The Balaban J connectivity index is 0.00000676. The Hall–Kier alpha value is -1.47. The first-order chi connectivity index (χ1) is 12.2. The van der Waals surface area contributed by atoms with E-state index in [2.05, 4.69) is 34.2 Å². The summed E-state index contributed by atoms with van der Waals surface area (Å²) in [7, 11) is -3.83. The Morgan fingerprint density at radius 1 is 1.30 bits per heavy atom. The number of sulfonamides is 1. The highest BCUT2D eigenvalue weighted by Gasteiger charge is 2.17. The topological polar surface area (TPSA) is 126 Å². The molecule has 0 spiro atoms. The highest BCUT2D eigenvalue weighted by Crippen LogP contribution is 2.16. The number of aliphatic imine (C=N–C) groups is 1. The quantitative estimate of drug-likeness (QED) is 0.116. The second-order valence-electron chi connectivity index (χ2n) is 6.09. The number of benzene rings is 1. The molecule has 1 aromatic carbocycles. The van der Waals surface area contributed by atoms with Crippen LogP contribution in [0.15, 0.2) is 34.2 Å². The molecule has 0 aliphatic heterocycles. The summed E-state index contributed by atoms with van der Waals surface area (Å²) in [5, 5.41) is 17.1. The molecule has 154 valence electrons. The van der Waals surface area contributed by atoms with Gasteiger partial charge >= 0.3 is 0 Å². The van der Waals surface area contributed by atoms with Gasteiger partial charge in [-0.3, -0.25) is 15.1 Å². The van der Waals surface area contributed by atoms with E-state index in [1.165, 1.54) is 18.2 Å². The van der Waals surface area contributed by atoms with Crippen LogP contribution in [0.2, 0.25) is 0 Å². The Morgan fingerprint density at radius 3 is 2.52 bits per heavy atom. The number of hydrogen-bond donors (Lipinski definition) is 3. The molecule has 0 amide bonds. The van der Waals surface area contributed by atoms with E-state index in [9.17, 15) is 18.5 Å². The van der Waals surface area contributed by atoms with Gasteiger partial charge in [0.15, 0.2) is 5.96 Å². The lowest BCUT2D eigenvalue weighted by molar-refractivity contribution is -0.385. The van der Waals surface area contributed by atoms with E-state index in [1.807, 2.05) is 13.8 Å². The van der Waals surface area contributed by atoms with Crippen LogP contribution < -0.4 is 15.4 Å². The zero-order valence-electron chi connectivity index (χ0n) is 15.9. The minimum atomic E-state index is -3.83. The van der Waals surface area contributed by atoms with Gasteiger partial charge in [-0.05, 0) is 25.8 Å². The van der Waals surface area contributed by atoms with Crippen LogP contribution in [0.4, 0.5) is 5.69 Å². The van der Waals surface area contributed by atoms with Crippen LogP contribution in [0.1, 0.15) is 27.7 Å². The minimum absolute atomic E-state index is 0. The lowest BCUT2D eigenvalue weighted by Crippen LogP contribution is -2.44. The van der Waals surface area contributed by atoms with Crippen LogP contribution >= 0.6 is 24.0 Å². The first-order valence-corrected chi connectivity index (χ1v) is 9.94. The summed E-state index contributed by atoms with van der Waals surface area (Å²) in [5.74, 6) is 1.04. The Bertz CT molecular complexity index is 740. The maximum atomic E-state index is 12.2. The van der Waals surface area contributed by atoms with Crippen LogP contribution in [0.3, 0.4) is 0 Å². The Labute approximate surface area is 177 Å². The second kappa shape index (κ2) is 12.1. The van der Waals surface area contributed by atoms with Crippen molar-refractivity contribution in [1.29, 1.82) is 0 Å². The Kier molecular flexibility index (Phi) is 11.4. The maximum Gasteiger partial charge on any atom is 0.270 e. The van der Waals surface area contributed by atoms with Gasteiger partial charge in [-0.1, -0.05) is 19.9 Å². The summed E-state index contributed by atoms with van der Waals surface area (Å²) in [6.07, 6.45) is 0. The predicted octanol–water partition coefficient (Wildman–Crippen LogP) is 2.09. The number of rotatable bonds is 9. The molecule has 11 heteroatoms. The molecular weight excluding hydrogens is 485 g/mol. The van der Waals surface area contributed by atoms with E-state index in [1.54, 1.807) is 0 Å². The fourth-order valence-corrected chi connectivity index (χ4v) is 2.96. The first-order valence-electron chi connectivity index (χ1n) is 8.46. The standard InChI is InChI=1S/C16H27N5O4S.HI/c1-5-17-16(20-13(4)12(2)3)18-9-10-19-26(24,25)15-8-6-7-14(11-15)21(22)23;/h6-8,11-13,19H,5,9-10H2,1-4H3,(H2,17,18,20);1H. The van der Waals surface area contributed by atoms with Crippen LogP contribution in [0.25, 0.3) is 0 Å². The number of nitrogens with one attached hydrogen (secondary N) is 3. The maximum absolute atomic E-state index is 12.2. The van der Waals surface area contributed by atoms with Crippen LogP contribution in [0, 0.1) is 16.0 Å². The molecule has 0 aliphatic rings. The van der Waals surface area contributed by atoms with E-state index in [-0.39, 0.29) is 53.7 Å². The van der Waals surface area contributed by atoms with E-state index in [4.69, 9.17) is 0 Å². The number of nitro groups is 1. The van der Waals surface area contributed by atoms with Crippen LogP contribution in [0.5, 0.6) is 0 Å². The fourth-order valence-electron chi connectivity index (χ4n) is 1.90. The average Bonchev–Trinajstić information content (AvgIpc) is 2.58. The third kappa shape index (κ3) is 8.84. The molecule has 1 rings (SSSR count). The van der Waals surface area contributed by atoms with Gasteiger partial charge in [0.1, 0.15) is 0 Å². The molecule has 0 aromatic heterocycles. The minimum Gasteiger partial charge on any atom is -0.357 e. The molecule has 0 saturated heterocycles. The van der Waals surface area contributed by atoms with Crippen molar-refractivity contribution in [3.8, 4) is 0 Å². The van der Waals surface area contributed by atoms with Crippen molar-refractivity contribution >= 4 is 45.6 Å². The molecule has 0 aliphatic carbocycles. The molecule has 27 heavy (non-hydrogen) atoms. The van der Waals surface area contributed by atoms with Crippen molar-refractivity contribution in [2.75, 3.05) is 19.6 Å². The van der Waals surface area contributed by atoms with Gasteiger partial charge in [-0.2, -0.15) is 0 Å². The number of halogens is 1. The third-order valence-corrected chi connectivity index (χ3v) is 5.18. The van der Waals surface area contributed by atoms with Crippen molar-refractivity contribution in [2.24, 2.45) is 10.9 Å².